The number of anilines is 1. The number of halogens is 1. The molecule has 1 aromatic carbocycles. The lowest BCUT2D eigenvalue weighted by Gasteiger charge is -2.31. The Morgan fingerprint density at radius 1 is 1.11 bits per heavy atom. The van der Waals surface area contributed by atoms with Gasteiger partial charge in [-0.1, -0.05) is 34.8 Å². The molecule has 18 heavy (non-hydrogen) atoms. The van der Waals surface area contributed by atoms with E-state index in [4.69, 9.17) is 0 Å². The van der Waals surface area contributed by atoms with Gasteiger partial charge in [0.05, 0.1) is 0 Å². The van der Waals surface area contributed by atoms with Crippen molar-refractivity contribution in [3.05, 3.63) is 28.2 Å². The van der Waals surface area contributed by atoms with E-state index in [1.807, 2.05) is 0 Å². The maximum absolute atomic E-state index is 3.77. The highest BCUT2D eigenvalue weighted by molar-refractivity contribution is 9.10. The third kappa shape index (κ3) is 2.74. The van der Waals surface area contributed by atoms with E-state index in [2.05, 4.69) is 46.4 Å². The highest BCUT2D eigenvalue weighted by Gasteiger charge is 2.34. The molecule has 2 aliphatic rings. The van der Waals surface area contributed by atoms with Crippen LogP contribution in [0.3, 0.4) is 0 Å². The minimum absolute atomic E-state index is 0.692. The van der Waals surface area contributed by atoms with Crippen LogP contribution >= 0.6 is 15.9 Å². The van der Waals surface area contributed by atoms with Crippen LogP contribution in [0.15, 0.2) is 22.7 Å². The van der Waals surface area contributed by atoms with Crippen LogP contribution in [0.4, 0.5) is 5.69 Å². The maximum Gasteiger partial charge on any atom is 0.0383 e. The minimum atomic E-state index is 0.692. The zero-order valence-corrected chi connectivity index (χ0v) is 12.7. The van der Waals surface area contributed by atoms with Crippen LogP contribution in [-0.4, -0.2) is 6.04 Å². The number of benzene rings is 1. The van der Waals surface area contributed by atoms with Gasteiger partial charge in [0.15, 0.2) is 0 Å². The van der Waals surface area contributed by atoms with Crippen molar-refractivity contribution in [3.63, 3.8) is 0 Å². The first-order valence-corrected chi connectivity index (χ1v) is 8.05. The molecule has 1 N–H and O–H groups in total. The second-order valence-corrected chi connectivity index (χ2v) is 6.87. The lowest BCUT2D eigenvalue weighted by atomic mass is 9.82. The molecule has 2 heteroatoms. The maximum atomic E-state index is 3.77. The quantitative estimate of drug-likeness (QED) is 0.815. The van der Waals surface area contributed by atoms with E-state index in [-0.39, 0.29) is 0 Å². The fourth-order valence-corrected chi connectivity index (χ4v) is 3.70. The van der Waals surface area contributed by atoms with E-state index in [0.29, 0.717) is 6.04 Å². The molecule has 1 nitrogen and oxygen atoms in total. The Bertz CT molecular complexity index is 425. The van der Waals surface area contributed by atoms with Gasteiger partial charge in [-0.15, -0.1) is 0 Å². The van der Waals surface area contributed by atoms with Crippen LogP contribution in [0.1, 0.15) is 44.1 Å². The van der Waals surface area contributed by atoms with Crippen LogP contribution in [0.5, 0.6) is 0 Å². The Morgan fingerprint density at radius 3 is 2.72 bits per heavy atom. The molecule has 2 aliphatic carbocycles. The molecule has 2 saturated carbocycles. The molecule has 2 atom stereocenters. The predicted molar refractivity (Wildman–Crippen MR) is 81.0 cm³/mol. The average molecular weight is 308 g/mol. The van der Waals surface area contributed by atoms with Crippen LogP contribution < -0.4 is 5.32 Å². The molecule has 1 aromatic rings. The molecule has 0 aliphatic heterocycles. The fraction of sp³-hybridized carbons (Fsp3) is 0.625. The molecule has 3 rings (SSSR count). The Hall–Kier alpha value is -0.500. The highest BCUT2D eigenvalue weighted by atomic mass is 79.9. The summed E-state index contributed by atoms with van der Waals surface area (Å²) >= 11 is 3.62. The molecule has 0 radical (unpaired) electrons. The lowest BCUT2D eigenvalue weighted by Crippen LogP contribution is -2.28. The van der Waals surface area contributed by atoms with E-state index in [1.165, 1.54) is 54.2 Å². The monoisotopic (exact) mass is 307 g/mol. The molecular formula is C16H22BrN. The minimum Gasteiger partial charge on any atom is -0.382 e. The molecule has 0 amide bonds. The van der Waals surface area contributed by atoms with Crippen molar-refractivity contribution in [2.75, 3.05) is 5.32 Å². The third-order valence-electron chi connectivity index (χ3n) is 4.63. The van der Waals surface area contributed by atoms with Crippen LogP contribution in [0.25, 0.3) is 0 Å². The van der Waals surface area contributed by atoms with Gasteiger partial charge in [-0.25, -0.2) is 0 Å². The first kappa shape index (κ1) is 12.5. The van der Waals surface area contributed by atoms with Gasteiger partial charge < -0.3 is 5.32 Å². The zero-order chi connectivity index (χ0) is 12.5. The van der Waals surface area contributed by atoms with E-state index >= 15 is 0 Å². The first-order chi connectivity index (χ1) is 8.74. The lowest BCUT2D eigenvalue weighted by molar-refractivity contribution is 0.303. The second kappa shape index (κ2) is 5.24. The van der Waals surface area contributed by atoms with Gasteiger partial charge in [-0.2, -0.15) is 0 Å². The summed E-state index contributed by atoms with van der Waals surface area (Å²) in [5.74, 6) is 2.07. The Balaban J connectivity index is 1.66. The van der Waals surface area contributed by atoms with E-state index in [1.54, 1.807) is 0 Å². The van der Waals surface area contributed by atoms with Crippen molar-refractivity contribution in [1.29, 1.82) is 0 Å². The molecule has 0 aromatic heterocycles. The number of hydrogen-bond acceptors (Lipinski definition) is 1. The van der Waals surface area contributed by atoms with Crippen molar-refractivity contribution in [3.8, 4) is 0 Å². The van der Waals surface area contributed by atoms with Gasteiger partial charge >= 0.3 is 0 Å². The van der Waals surface area contributed by atoms with Crippen LogP contribution in [0, 0.1) is 18.8 Å². The molecule has 0 saturated heterocycles. The van der Waals surface area contributed by atoms with E-state index < -0.39 is 0 Å². The molecule has 2 fully saturated rings. The van der Waals surface area contributed by atoms with Crippen LogP contribution in [0.2, 0.25) is 0 Å². The standard InChI is InChI=1S/C16H22BrN/c1-11-15(17)6-3-7-16(11)18-14-5-2-4-13(10-14)12-8-9-12/h3,6-7,12-14,18H,2,4-5,8-10H2,1H3. The summed E-state index contributed by atoms with van der Waals surface area (Å²) < 4.78 is 1.21. The van der Waals surface area contributed by atoms with Gasteiger partial charge in [-0.3, -0.25) is 0 Å². The van der Waals surface area contributed by atoms with Crippen molar-refractivity contribution in [2.24, 2.45) is 11.8 Å². The summed E-state index contributed by atoms with van der Waals surface area (Å²) in [5.41, 5.74) is 2.65. The smallest absolute Gasteiger partial charge is 0.0383 e. The van der Waals surface area contributed by atoms with Gasteiger partial charge in [0.1, 0.15) is 0 Å². The zero-order valence-electron chi connectivity index (χ0n) is 11.1. The average Bonchev–Trinajstić information content (AvgIpc) is 3.20. The Labute approximate surface area is 118 Å². The summed E-state index contributed by atoms with van der Waals surface area (Å²) in [6.45, 7) is 2.19. The molecule has 0 heterocycles. The summed E-state index contributed by atoms with van der Waals surface area (Å²) in [5, 5.41) is 3.77. The van der Waals surface area contributed by atoms with Gasteiger partial charge in [0.25, 0.3) is 0 Å². The molecular weight excluding hydrogens is 286 g/mol. The summed E-state index contributed by atoms with van der Waals surface area (Å²) in [6, 6.07) is 7.15. The highest BCUT2D eigenvalue weighted by Crippen LogP contribution is 2.44. The topological polar surface area (TPSA) is 12.0 Å². The van der Waals surface area contributed by atoms with Crippen LogP contribution in [-0.2, 0) is 0 Å². The number of rotatable bonds is 3. The normalized spacial score (nSPS) is 28.1. The Morgan fingerprint density at radius 2 is 1.94 bits per heavy atom. The fourth-order valence-electron chi connectivity index (χ4n) is 3.34. The largest absolute Gasteiger partial charge is 0.382 e. The molecule has 2 unspecified atom stereocenters. The van der Waals surface area contributed by atoms with Gasteiger partial charge in [-0.05, 0) is 62.1 Å². The Kier molecular flexibility index (Phi) is 3.65. The molecule has 0 bridgehead atoms. The second-order valence-electron chi connectivity index (χ2n) is 6.02. The van der Waals surface area contributed by atoms with E-state index in [0.717, 1.165) is 11.8 Å². The van der Waals surface area contributed by atoms with Gasteiger partial charge in [0.2, 0.25) is 0 Å². The molecule has 98 valence electrons. The number of hydrogen-bond donors (Lipinski definition) is 1. The summed E-state index contributed by atoms with van der Waals surface area (Å²) in [7, 11) is 0. The van der Waals surface area contributed by atoms with Crippen molar-refractivity contribution in [2.45, 2.75) is 51.5 Å². The SMILES string of the molecule is Cc1c(Br)cccc1NC1CCCC(C2CC2)C1. The van der Waals surface area contributed by atoms with Crippen molar-refractivity contribution >= 4 is 21.6 Å². The summed E-state index contributed by atoms with van der Waals surface area (Å²) in [6.07, 6.45) is 8.60. The van der Waals surface area contributed by atoms with Crippen molar-refractivity contribution < 1.29 is 0 Å². The van der Waals surface area contributed by atoms with E-state index in [9.17, 15) is 0 Å². The number of nitrogens with one attached hydrogen (secondary N) is 1. The third-order valence-corrected chi connectivity index (χ3v) is 5.49. The first-order valence-electron chi connectivity index (χ1n) is 7.25. The van der Waals surface area contributed by atoms with Crippen molar-refractivity contribution in [1.82, 2.24) is 0 Å². The predicted octanol–water partition coefficient (Wildman–Crippen LogP) is 5.14. The molecule has 0 spiro atoms. The summed E-state index contributed by atoms with van der Waals surface area (Å²) in [4.78, 5) is 0. The van der Waals surface area contributed by atoms with Gasteiger partial charge in [0, 0.05) is 16.2 Å².